The van der Waals surface area contributed by atoms with Crippen LogP contribution in [0, 0.1) is 0 Å². The Balaban J connectivity index is 1.49. The fourth-order valence-corrected chi connectivity index (χ4v) is 3.12. The number of hydrogen-bond acceptors (Lipinski definition) is 3. The van der Waals surface area contributed by atoms with Gasteiger partial charge in [0.15, 0.2) is 5.76 Å². The third-order valence-electron chi connectivity index (χ3n) is 4.34. The van der Waals surface area contributed by atoms with Crippen LogP contribution in [0.4, 0.5) is 5.69 Å². The molecule has 28 heavy (non-hydrogen) atoms. The largest absolute Gasteiger partial charge is 0.451 e. The lowest BCUT2D eigenvalue weighted by atomic mass is 10.2. The summed E-state index contributed by atoms with van der Waals surface area (Å²) >= 11 is 12.2. The highest BCUT2D eigenvalue weighted by molar-refractivity contribution is 6.43. The predicted molar refractivity (Wildman–Crippen MR) is 109 cm³/mol. The summed E-state index contributed by atoms with van der Waals surface area (Å²) in [5.41, 5.74) is 1.61. The Hall–Kier alpha value is -2.76. The summed E-state index contributed by atoms with van der Waals surface area (Å²) in [6.07, 6.45) is 2.03. The highest BCUT2D eigenvalue weighted by atomic mass is 35.5. The Morgan fingerprint density at radius 1 is 0.964 bits per heavy atom. The van der Waals surface area contributed by atoms with Crippen LogP contribution in [0.5, 0.6) is 0 Å². The maximum absolute atomic E-state index is 12.5. The number of rotatable bonds is 5. The van der Waals surface area contributed by atoms with E-state index in [0.717, 1.165) is 12.8 Å². The van der Waals surface area contributed by atoms with E-state index < -0.39 is 5.91 Å². The number of furan rings is 1. The van der Waals surface area contributed by atoms with Gasteiger partial charge in [-0.1, -0.05) is 35.3 Å². The molecule has 1 fully saturated rings. The van der Waals surface area contributed by atoms with Crippen LogP contribution in [0.3, 0.4) is 0 Å². The first-order chi connectivity index (χ1) is 13.5. The number of carbonyl (C=O) groups is 2. The van der Waals surface area contributed by atoms with E-state index in [-0.39, 0.29) is 17.7 Å². The van der Waals surface area contributed by atoms with Crippen molar-refractivity contribution in [1.29, 1.82) is 0 Å². The van der Waals surface area contributed by atoms with E-state index in [1.54, 1.807) is 54.6 Å². The lowest BCUT2D eigenvalue weighted by Crippen LogP contribution is -2.25. The number of benzene rings is 2. The number of hydrogen-bond donors (Lipinski definition) is 2. The van der Waals surface area contributed by atoms with Gasteiger partial charge in [0.2, 0.25) is 0 Å². The molecule has 1 heterocycles. The van der Waals surface area contributed by atoms with Crippen molar-refractivity contribution in [2.45, 2.75) is 18.9 Å². The lowest BCUT2D eigenvalue weighted by Gasteiger charge is -2.07. The van der Waals surface area contributed by atoms with Gasteiger partial charge in [-0.2, -0.15) is 0 Å². The Morgan fingerprint density at radius 3 is 2.54 bits per heavy atom. The molecule has 0 unspecified atom stereocenters. The third kappa shape index (κ3) is 4.06. The van der Waals surface area contributed by atoms with Crippen molar-refractivity contribution in [3.05, 3.63) is 76.0 Å². The van der Waals surface area contributed by atoms with E-state index in [2.05, 4.69) is 10.6 Å². The van der Waals surface area contributed by atoms with Gasteiger partial charge in [-0.15, -0.1) is 0 Å². The molecule has 1 saturated carbocycles. The average Bonchev–Trinajstić information content (AvgIpc) is 3.36. The molecule has 0 saturated heterocycles. The van der Waals surface area contributed by atoms with Crippen molar-refractivity contribution < 1.29 is 14.0 Å². The normalized spacial score (nSPS) is 13.2. The van der Waals surface area contributed by atoms with Crippen molar-refractivity contribution >= 4 is 40.7 Å². The molecule has 142 valence electrons. The number of anilines is 1. The first-order valence-corrected chi connectivity index (χ1v) is 9.53. The summed E-state index contributed by atoms with van der Waals surface area (Å²) in [5.74, 6) is -0.00674. The summed E-state index contributed by atoms with van der Waals surface area (Å²) in [6.45, 7) is 0. The van der Waals surface area contributed by atoms with Crippen molar-refractivity contribution in [3.8, 4) is 11.3 Å². The van der Waals surface area contributed by atoms with Gasteiger partial charge in [0.1, 0.15) is 5.76 Å². The fraction of sp³-hybridized carbons (Fsp3) is 0.143. The van der Waals surface area contributed by atoms with Gasteiger partial charge >= 0.3 is 0 Å². The average molecular weight is 415 g/mol. The minimum atomic E-state index is -0.427. The monoisotopic (exact) mass is 414 g/mol. The van der Waals surface area contributed by atoms with E-state index in [1.165, 1.54) is 0 Å². The van der Waals surface area contributed by atoms with Crippen molar-refractivity contribution in [3.63, 3.8) is 0 Å². The molecule has 7 heteroatoms. The van der Waals surface area contributed by atoms with E-state index in [9.17, 15) is 9.59 Å². The Labute approximate surface area is 171 Å². The lowest BCUT2D eigenvalue weighted by molar-refractivity contribution is 0.0949. The van der Waals surface area contributed by atoms with Crippen LogP contribution < -0.4 is 10.6 Å². The summed E-state index contributed by atoms with van der Waals surface area (Å²) in [7, 11) is 0. The minimum absolute atomic E-state index is 0.124. The molecule has 0 spiro atoms. The van der Waals surface area contributed by atoms with Crippen molar-refractivity contribution in [2.24, 2.45) is 0 Å². The zero-order valence-corrected chi connectivity index (χ0v) is 16.2. The zero-order valence-electron chi connectivity index (χ0n) is 14.7. The van der Waals surface area contributed by atoms with Crippen LogP contribution in [-0.2, 0) is 0 Å². The van der Waals surface area contributed by atoms with Crippen LogP contribution in [0.15, 0.2) is 59.0 Å². The second-order valence-electron chi connectivity index (χ2n) is 6.55. The van der Waals surface area contributed by atoms with Gasteiger partial charge in [-0.3, -0.25) is 9.59 Å². The molecule has 1 aliphatic rings. The van der Waals surface area contributed by atoms with Crippen molar-refractivity contribution in [2.75, 3.05) is 5.32 Å². The minimum Gasteiger partial charge on any atom is -0.451 e. The van der Waals surface area contributed by atoms with Gasteiger partial charge in [0, 0.05) is 22.9 Å². The van der Waals surface area contributed by atoms with E-state index >= 15 is 0 Å². The first-order valence-electron chi connectivity index (χ1n) is 8.78. The van der Waals surface area contributed by atoms with Gasteiger partial charge in [-0.25, -0.2) is 0 Å². The molecule has 3 aromatic rings. The van der Waals surface area contributed by atoms with Crippen LogP contribution >= 0.6 is 23.2 Å². The van der Waals surface area contributed by atoms with Crippen LogP contribution in [-0.4, -0.2) is 17.9 Å². The Bertz CT molecular complexity index is 1060. The predicted octanol–water partition coefficient (Wildman–Crippen LogP) is 5.40. The number of carbonyl (C=O) groups excluding carboxylic acids is 2. The van der Waals surface area contributed by atoms with E-state index in [4.69, 9.17) is 27.6 Å². The van der Waals surface area contributed by atoms with Crippen molar-refractivity contribution in [1.82, 2.24) is 5.32 Å². The van der Waals surface area contributed by atoms with Crippen LogP contribution in [0.2, 0.25) is 10.0 Å². The third-order valence-corrected chi connectivity index (χ3v) is 5.16. The standard InChI is InChI=1S/C21H16Cl2N2O3/c22-16-6-2-5-15(19(16)23)17-9-10-18(28-17)21(27)25-14-4-1-3-12(11-14)20(26)24-13-7-8-13/h1-6,9-11,13H,7-8H2,(H,24,26)(H,25,27). The molecular formula is C21H16Cl2N2O3. The van der Waals surface area contributed by atoms with Gasteiger partial charge < -0.3 is 15.1 Å². The molecule has 4 rings (SSSR count). The molecule has 1 aliphatic carbocycles. The maximum Gasteiger partial charge on any atom is 0.291 e. The van der Waals surface area contributed by atoms with Gasteiger partial charge in [0.25, 0.3) is 11.8 Å². The molecule has 2 aromatic carbocycles. The Kier molecular flexibility index (Phi) is 5.11. The van der Waals surface area contributed by atoms with E-state index in [0.29, 0.717) is 32.6 Å². The molecule has 2 amide bonds. The quantitative estimate of drug-likeness (QED) is 0.586. The summed E-state index contributed by atoms with van der Waals surface area (Å²) in [4.78, 5) is 24.7. The zero-order chi connectivity index (χ0) is 19.7. The summed E-state index contributed by atoms with van der Waals surface area (Å²) < 4.78 is 5.64. The molecule has 0 aliphatic heterocycles. The second kappa shape index (κ2) is 7.70. The molecule has 0 radical (unpaired) electrons. The molecular weight excluding hydrogens is 399 g/mol. The fourth-order valence-electron chi connectivity index (χ4n) is 2.73. The topological polar surface area (TPSA) is 71.3 Å². The molecule has 0 atom stereocenters. The number of amides is 2. The van der Waals surface area contributed by atoms with Gasteiger partial charge in [-0.05, 0) is 55.3 Å². The first kappa shape index (κ1) is 18.6. The summed E-state index contributed by atoms with van der Waals surface area (Å²) in [5, 5.41) is 6.43. The maximum atomic E-state index is 12.5. The summed E-state index contributed by atoms with van der Waals surface area (Å²) in [6, 6.07) is 15.5. The molecule has 2 N–H and O–H groups in total. The highest BCUT2D eigenvalue weighted by Crippen LogP contribution is 2.34. The van der Waals surface area contributed by atoms with E-state index in [1.807, 2.05) is 0 Å². The van der Waals surface area contributed by atoms with Crippen LogP contribution in [0.25, 0.3) is 11.3 Å². The highest BCUT2D eigenvalue weighted by Gasteiger charge is 2.24. The molecule has 1 aromatic heterocycles. The molecule has 5 nitrogen and oxygen atoms in total. The SMILES string of the molecule is O=C(NC1CC1)c1cccc(NC(=O)c2ccc(-c3cccc(Cl)c3Cl)o2)c1. The second-order valence-corrected chi connectivity index (χ2v) is 7.33. The smallest absolute Gasteiger partial charge is 0.291 e. The Morgan fingerprint density at radius 2 is 1.75 bits per heavy atom. The number of nitrogens with one attached hydrogen (secondary N) is 2. The molecule has 0 bridgehead atoms. The van der Waals surface area contributed by atoms with Gasteiger partial charge in [0.05, 0.1) is 10.0 Å². The number of halogens is 2. The van der Waals surface area contributed by atoms with Crippen LogP contribution in [0.1, 0.15) is 33.8 Å².